The lowest BCUT2D eigenvalue weighted by Crippen LogP contribution is -2.38. The highest BCUT2D eigenvalue weighted by molar-refractivity contribution is 5.93. The Morgan fingerprint density at radius 3 is 2.59 bits per heavy atom. The number of hydrogen-bond acceptors (Lipinski definition) is 4. The second kappa shape index (κ2) is 8.22. The van der Waals surface area contributed by atoms with Gasteiger partial charge in [0, 0.05) is 19.2 Å². The molecule has 7 nitrogen and oxygen atoms in total. The van der Waals surface area contributed by atoms with Crippen molar-refractivity contribution in [1.82, 2.24) is 9.55 Å². The SMILES string of the molecule is CCN(C(C)=O)c1nc2ccccc2n(CC(=O)Nc2ccc(F)cc2C)c1=O. The Kier molecular flexibility index (Phi) is 5.72. The number of benzene rings is 2. The van der Waals surface area contributed by atoms with E-state index in [9.17, 15) is 18.8 Å². The van der Waals surface area contributed by atoms with Gasteiger partial charge in [-0.2, -0.15) is 0 Å². The van der Waals surface area contributed by atoms with Crippen molar-refractivity contribution < 1.29 is 14.0 Å². The van der Waals surface area contributed by atoms with Gasteiger partial charge in [-0.3, -0.25) is 23.9 Å². The summed E-state index contributed by atoms with van der Waals surface area (Å²) in [5.41, 5.74) is 1.47. The first-order valence-corrected chi connectivity index (χ1v) is 9.15. The van der Waals surface area contributed by atoms with Gasteiger partial charge in [-0.25, -0.2) is 9.37 Å². The zero-order valence-corrected chi connectivity index (χ0v) is 16.4. The van der Waals surface area contributed by atoms with Gasteiger partial charge in [0.25, 0.3) is 5.56 Å². The fourth-order valence-corrected chi connectivity index (χ4v) is 3.13. The smallest absolute Gasteiger partial charge is 0.294 e. The molecule has 3 aromatic rings. The Bertz CT molecular complexity index is 1160. The molecule has 0 fully saturated rings. The Morgan fingerprint density at radius 2 is 1.93 bits per heavy atom. The van der Waals surface area contributed by atoms with Crippen LogP contribution in [0.25, 0.3) is 11.0 Å². The minimum absolute atomic E-state index is 0.0236. The van der Waals surface area contributed by atoms with Gasteiger partial charge in [0.05, 0.1) is 11.0 Å². The maximum Gasteiger partial charge on any atom is 0.294 e. The highest BCUT2D eigenvalue weighted by Crippen LogP contribution is 2.17. The van der Waals surface area contributed by atoms with Crippen LogP contribution in [0.2, 0.25) is 0 Å². The maximum absolute atomic E-state index is 13.3. The molecular formula is C21H21FN4O3. The highest BCUT2D eigenvalue weighted by atomic mass is 19.1. The number of aromatic nitrogens is 2. The number of rotatable bonds is 5. The van der Waals surface area contributed by atoms with E-state index in [0.29, 0.717) is 22.3 Å². The van der Waals surface area contributed by atoms with Gasteiger partial charge >= 0.3 is 0 Å². The molecule has 0 saturated heterocycles. The van der Waals surface area contributed by atoms with E-state index in [4.69, 9.17) is 0 Å². The second-order valence-corrected chi connectivity index (χ2v) is 6.59. The lowest BCUT2D eigenvalue weighted by molar-refractivity contribution is -0.117. The summed E-state index contributed by atoms with van der Waals surface area (Å²) in [5, 5.41) is 2.70. The van der Waals surface area contributed by atoms with E-state index in [1.807, 2.05) is 0 Å². The lowest BCUT2D eigenvalue weighted by atomic mass is 10.2. The third-order valence-electron chi connectivity index (χ3n) is 4.55. The minimum atomic E-state index is -0.535. The number of halogens is 1. The van der Waals surface area contributed by atoms with E-state index in [1.165, 1.54) is 34.6 Å². The normalized spacial score (nSPS) is 10.8. The van der Waals surface area contributed by atoms with Crippen LogP contribution in [0.5, 0.6) is 0 Å². The molecule has 0 aliphatic heterocycles. The number of nitrogens with one attached hydrogen (secondary N) is 1. The Hall–Kier alpha value is -3.55. The largest absolute Gasteiger partial charge is 0.324 e. The summed E-state index contributed by atoms with van der Waals surface area (Å²) in [7, 11) is 0. The summed E-state index contributed by atoms with van der Waals surface area (Å²) in [6, 6.07) is 10.9. The van der Waals surface area contributed by atoms with E-state index in [0.717, 1.165) is 0 Å². The summed E-state index contributed by atoms with van der Waals surface area (Å²) >= 11 is 0. The molecule has 0 spiro atoms. The molecule has 0 radical (unpaired) electrons. The first-order valence-electron chi connectivity index (χ1n) is 9.15. The number of nitrogens with zero attached hydrogens (tertiary/aromatic N) is 3. The summed E-state index contributed by atoms with van der Waals surface area (Å²) in [5.74, 6) is -1.19. The molecule has 0 aliphatic rings. The number of carbonyl (C=O) groups is 2. The molecule has 1 heterocycles. The first kappa shape index (κ1) is 20.2. The third-order valence-corrected chi connectivity index (χ3v) is 4.55. The quantitative estimate of drug-likeness (QED) is 0.719. The molecule has 29 heavy (non-hydrogen) atoms. The number of aryl methyl sites for hydroxylation is 1. The van der Waals surface area contributed by atoms with Crippen LogP contribution in [0.4, 0.5) is 15.9 Å². The van der Waals surface area contributed by atoms with Crippen LogP contribution < -0.4 is 15.8 Å². The third kappa shape index (κ3) is 4.16. The van der Waals surface area contributed by atoms with Crippen molar-refractivity contribution in [3.05, 3.63) is 64.2 Å². The average Bonchev–Trinajstić information content (AvgIpc) is 2.67. The summed E-state index contributed by atoms with van der Waals surface area (Å²) < 4.78 is 14.6. The van der Waals surface area contributed by atoms with E-state index in [1.54, 1.807) is 38.1 Å². The van der Waals surface area contributed by atoms with Crippen LogP contribution in [0.1, 0.15) is 19.4 Å². The van der Waals surface area contributed by atoms with Crippen molar-refractivity contribution in [3.8, 4) is 0 Å². The van der Waals surface area contributed by atoms with Crippen molar-refractivity contribution in [2.24, 2.45) is 0 Å². The van der Waals surface area contributed by atoms with Crippen LogP contribution in [0, 0.1) is 12.7 Å². The number of para-hydroxylation sites is 2. The average molecular weight is 396 g/mol. The fraction of sp³-hybridized carbons (Fsp3) is 0.238. The van der Waals surface area contributed by atoms with Crippen molar-refractivity contribution in [1.29, 1.82) is 0 Å². The molecule has 2 aromatic carbocycles. The Balaban J connectivity index is 2.03. The number of amides is 2. The molecule has 0 saturated carbocycles. The zero-order valence-electron chi connectivity index (χ0n) is 16.4. The van der Waals surface area contributed by atoms with Gasteiger partial charge in [0.15, 0.2) is 0 Å². The number of anilines is 2. The maximum atomic E-state index is 13.3. The molecule has 1 N–H and O–H groups in total. The summed E-state index contributed by atoms with van der Waals surface area (Å²) in [6.45, 7) is 4.77. The minimum Gasteiger partial charge on any atom is -0.324 e. The molecule has 8 heteroatoms. The van der Waals surface area contributed by atoms with E-state index < -0.39 is 17.3 Å². The molecule has 0 unspecified atom stereocenters. The van der Waals surface area contributed by atoms with Crippen molar-refractivity contribution in [3.63, 3.8) is 0 Å². The highest BCUT2D eigenvalue weighted by Gasteiger charge is 2.20. The van der Waals surface area contributed by atoms with Gasteiger partial charge < -0.3 is 5.32 Å². The van der Waals surface area contributed by atoms with Gasteiger partial charge in [-0.15, -0.1) is 0 Å². The molecule has 1 aromatic heterocycles. The molecule has 0 bridgehead atoms. The zero-order chi connectivity index (χ0) is 21.1. The van der Waals surface area contributed by atoms with E-state index in [2.05, 4.69) is 10.3 Å². The van der Waals surface area contributed by atoms with Crippen LogP contribution in [0.3, 0.4) is 0 Å². The first-order chi connectivity index (χ1) is 13.8. The Labute approximate surface area is 166 Å². The molecule has 0 aliphatic carbocycles. The van der Waals surface area contributed by atoms with E-state index in [-0.39, 0.29) is 24.8 Å². The predicted octanol–water partition coefficient (Wildman–Crippen LogP) is 2.86. The second-order valence-electron chi connectivity index (χ2n) is 6.59. The molecule has 3 rings (SSSR count). The summed E-state index contributed by atoms with van der Waals surface area (Å²) in [6.07, 6.45) is 0. The standard InChI is InChI=1S/C21H21FN4O3/c1-4-25(14(3)27)20-21(29)26(18-8-6-5-7-17(18)24-20)12-19(28)23-16-10-9-15(22)11-13(16)2/h5-11H,4,12H2,1-3H3,(H,23,28). The lowest BCUT2D eigenvalue weighted by Gasteiger charge is -2.20. The van der Waals surface area contributed by atoms with Crippen molar-refractivity contribution in [2.45, 2.75) is 27.3 Å². The number of carbonyl (C=O) groups excluding carboxylic acids is 2. The van der Waals surface area contributed by atoms with Gasteiger partial charge in [-0.1, -0.05) is 12.1 Å². The van der Waals surface area contributed by atoms with Crippen LogP contribution in [-0.2, 0) is 16.1 Å². The molecular weight excluding hydrogens is 375 g/mol. The molecule has 0 atom stereocenters. The van der Waals surface area contributed by atoms with Gasteiger partial charge in [0.1, 0.15) is 12.4 Å². The number of hydrogen-bond donors (Lipinski definition) is 1. The topological polar surface area (TPSA) is 84.3 Å². The van der Waals surface area contributed by atoms with Crippen LogP contribution in [-0.4, -0.2) is 27.9 Å². The van der Waals surface area contributed by atoms with Crippen molar-refractivity contribution >= 4 is 34.4 Å². The number of fused-ring (bicyclic) bond motifs is 1. The van der Waals surface area contributed by atoms with Crippen molar-refractivity contribution in [2.75, 3.05) is 16.8 Å². The van der Waals surface area contributed by atoms with Gasteiger partial charge in [-0.05, 0) is 49.7 Å². The predicted molar refractivity (Wildman–Crippen MR) is 109 cm³/mol. The van der Waals surface area contributed by atoms with Crippen LogP contribution >= 0.6 is 0 Å². The van der Waals surface area contributed by atoms with Gasteiger partial charge in [0.2, 0.25) is 17.6 Å². The Morgan fingerprint density at radius 1 is 1.21 bits per heavy atom. The van der Waals surface area contributed by atoms with E-state index >= 15 is 0 Å². The summed E-state index contributed by atoms with van der Waals surface area (Å²) in [4.78, 5) is 43.2. The van der Waals surface area contributed by atoms with Crippen LogP contribution in [0.15, 0.2) is 47.3 Å². The monoisotopic (exact) mass is 396 g/mol. The fourth-order valence-electron chi connectivity index (χ4n) is 3.13. The molecule has 150 valence electrons. The molecule has 2 amide bonds.